The Balaban J connectivity index is 2.06. The summed E-state index contributed by atoms with van der Waals surface area (Å²) in [7, 11) is 0. The zero-order valence-electron chi connectivity index (χ0n) is 8.19. The fraction of sp³-hybridized carbons (Fsp3) is 0.667. The Bertz CT molecular complexity index is 348. The first kappa shape index (κ1) is 9.18. The normalized spacial score (nSPS) is 24.7. The van der Waals surface area contributed by atoms with Gasteiger partial charge in [-0.3, -0.25) is 0 Å². The first-order valence-electron chi connectivity index (χ1n) is 4.73. The van der Waals surface area contributed by atoms with Gasteiger partial charge in [-0.1, -0.05) is 12.1 Å². The number of carbonyl (C=O) groups excluding carboxylic acids is 1. The van der Waals surface area contributed by atoms with Crippen LogP contribution < -0.4 is 0 Å². The number of rotatable bonds is 3. The second-order valence-electron chi connectivity index (χ2n) is 3.50. The summed E-state index contributed by atoms with van der Waals surface area (Å²) in [6.45, 7) is 4.17. The van der Waals surface area contributed by atoms with Crippen LogP contribution in [0, 0.1) is 5.92 Å². The van der Waals surface area contributed by atoms with Crippen molar-refractivity contribution in [2.24, 2.45) is 5.92 Å². The predicted molar refractivity (Wildman–Crippen MR) is 46.8 cm³/mol. The topological polar surface area (TPSA) is 65.2 Å². The number of nitrogens with zero attached hydrogens (tertiary/aromatic N) is 2. The molecule has 1 fully saturated rings. The van der Waals surface area contributed by atoms with Crippen molar-refractivity contribution in [3.63, 3.8) is 0 Å². The average molecular weight is 196 g/mol. The molecule has 0 bridgehead atoms. The number of hydrogen-bond acceptors (Lipinski definition) is 5. The summed E-state index contributed by atoms with van der Waals surface area (Å²) in [5, 5.41) is 3.74. The zero-order valence-corrected chi connectivity index (χ0v) is 8.19. The van der Waals surface area contributed by atoms with Crippen molar-refractivity contribution in [3.8, 4) is 0 Å². The van der Waals surface area contributed by atoms with Crippen molar-refractivity contribution in [2.75, 3.05) is 6.61 Å². The van der Waals surface area contributed by atoms with Crippen molar-refractivity contribution >= 4 is 5.97 Å². The molecule has 1 saturated carbocycles. The van der Waals surface area contributed by atoms with E-state index in [4.69, 9.17) is 9.26 Å². The van der Waals surface area contributed by atoms with Crippen LogP contribution in [-0.4, -0.2) is 22.7 Å². The van der Waals surface area contributed by atoms with Gasteiger partial charge < -0.3 is 9.26 Å². The molecule has 0 amide bonds. The van der Waals surface area contributed by atoms with Crippen LogP contribution in [0.3, 0.4) is 0 Å². The monoisotopic (exact) mass is 196 g/mol. The number of aromatic nitrogens is 2. The highest BCUT2D eigenvalue weighted by Crippen LogP contribution is 2.45. The van der Waals surface area contributed by atoms with Crippen LogP contribution in [0.5, 0.6) is 0 Å². The third kappa shape index (κ3) is 1.62. The molecule has 5 heteroatoms. The third-order valence-electron chi connectivity index (χ3n) is 2.33. The lowest BCUT2D eigenvalue weighted by Gasteiger charge is -1.93. The van der Waals surface area contributed by atoms with Crippen molar-refractivity contribution < 1.29 is 14.1 Å². The molecule has 1 aliphatic rings. The first-order valence-corrected chi connectivity index (χ1v) is 4.73. The maximum absolute atomic E-state index is 11.2. The molecule has 0 saturated heterocycles. The summed E-state index contributed by atoms with van der Waals surface area (Å²) in [6.07, 6.45) is 1.07. The molecule has 5 nitrogen and oxygen atoms in total. The minimum absolute atomic E-state index is 0.0408. The summed E-state index contributed by atoms with van der Waals surface area (Å²) < 4.78 is 9.53. The fourth-order valence-electron chi connectivity index (χ4n) is 1.34. The van der Waals surface area contributed by atoms with E-state index in [0.717, 1.165) is 6.42 Å². The van der Waals surface area contributed by atoms with E-state index in [2.05, 4.69) is 17.1 Å². The Morgan fingerprint density at radius 3 is 3.00 bits per heavy atom. The quantitative estimate of drug-likeness (QED) is 0.683. The highest BCUT2D eigenvalue weighted by molar-refractivity contribution is 5.83. The molecule has 76 valence electrons. The van der Waals surface area contributed by atoms with Crippen LogP contribution in [0.4, 0.5) is 0 Å². The standard InChI is InChI=1S/C9H12N2O3/c1-3-13-9(12)8-10-7(11-14-8)6-4-5(6)2/h5-6H,3-4H2,1-2H3/t5-,6-/m0/s1. The molecule has 0 spiro atoms. The molecule has 2 rings (SSSR count). The molecule has 1 heterocycles. The summed E-state index contributed by atoms with van der Waals surface area (Å²) in [6, 6.07) is 0. The van der Waals surface area contributed by atoms with Gasteiger partial charge >= 0.3 is 11.9 Å². The minimum Gasteiger partial charge on any atom is -0.459 e. The molecular formula is C9H12N2O3. The van der Waals surface area contributed by atoms with Gasteiger partial charge in [0.05, 0.1) is 6.61 Å². The Morgan fingerprint density at radius 1 is 1.71 bits per heavy atom. The van der Waals surface area contributed by atoms with E-state index in [1.165, 1.54) is 0 Å². The highest BCUT2D eigenvalue weighted by Gasteiger charge is 2.38. The minimum atomic E-state index is -0.542. The molecule has 2 atom stereocenters. The van der Waals surface area contributed by atoms with Crippen molar-refractivity contribution in [1.82, 2.24) is 10.1 Å². The van der Waals surface area contributed by atoms with E-state index in [0.29, 0.717) is 24.3 Å². The number of ether oxygens (including phenoxy) is 1. The van der Waals surface area contributed by atoms with Crippen molar-refractivity contribution in [3.05, 3.63) is 11.7 Å². The smallest absolute Gasteiger partial charge is 0.397 e. The van der Waals surface area contributed by atoms with Gasteiger partial charge in [-0.25, -0.2) is 4.79 Å². The third-order valence-corrected chi connectivity index (χ3v) is 2.33. The lowest BCUT2D eigenvalue weighted by atomic mass is 10.3. The van der Waals surface area contributed by atoms with E-state index in [9.17, 15) is 4.79 Å². The van der Waals surface area contributed by atoms with E-state index in [1.807, 2.05) is 0 Å². The largest absolute Gasteiger partial charge is 0.459 e. The molecule has 1 aliphatic carbocycles. The second kappa shape index (κ2) is 3.40. The second-order valence-corrected chi connectivity index (χ2v) is 3.50. The van der Waals surface area contributed by atoms with Gasteiger partial charge in [0.1, 0.15) is 0 Å². The summed E-state index contributed by atoms with van der Waals surface area (Å²) in [5.74, 6) is 1.01. The zero-order chi connectivity index (χ0) is 10.1. The Hall–Kier alpha value is -1.39. The van der Waals surface area contributed by atoms with E-state index >= 15 is 0 Å². The van der Waals surface area contributed by atoms with Gasteiger partial charge in [0, 0.05) is 5.92 Å². The van der Waals surface area contributed by atoms with Crippen molar-refractivity contribution in [2.45, 2.75) is 26.2 Å². The van der Waals surface area contributed by atoms with Crippen LogP contribution in [0.1, 0.15) is 42.7 Å². The van der Waals surface area contributed by atoms with E-state index < -0.39 is 5.97 Å². The van der Waals surface area contributed by atoms with Crippen LogP contribution in [-0.2, 0) is 4.74 Å². The molecular weight excluding hydrogens is 184 g/mol. The molecule has 0 unspecified atom stereocenters. The van der Waals surface area contributed by atoms with Gasteiger partial charge in [-0.15, -0.1) is 0 Å². The lowest BCUT2D eigenvalue weighted by Crippen LogP contribution is -2.04. The SMILES string of the molecule is CCOC(=O)c1nc([C@H]2C[C@@H]2C)no1. The summed E-state index contributed by atoms with van der Waals surface area (Å²) >= 11 is 0. The van der Waals surface area contributed by atoms with Crippen LogP contribution in [0.15, 0.2) is 4.52 Å². The van der Waals surface area contributed by atoms with Gasteiger partial charge in [0.2, 0.25) is 0 Å². The fourth-order valence-corrected chi connectivity index (χ4v) is 1.34. The summed E-state index contributed by atoms with van der Waals surface area (Å²) in [5.41, 5.74) is 0. The Morgan fingerprint density at radius 2 is 2.43 bits per heavy atom. The number of hydrogen-bond donors (Lipinski definition) is 0. The highest BCUT2D eigenvalue weighted by atomic mass is 16.6. The van der Waals surface area contributed by atoms with Gasteiger partial charge in [-0.05, 0) is 19.3 Å². The molecule has 0 radical (unpaired) electrons. The van der Waals surface area contributed by atoms with E-state index in [-0.39, 0.29) is 5.89 Å². The first-order chi connectivity index (χ1) is 6.72. The number of esters is 1. The summed E-state index contributed by atoms with van der Waals surface area (Å²) in [4.78, 5) is 15.2. The van der Waals surface area contributed by atoms with Gasteiger partial charge in [-0.2, -0.15) is 4.98 Å². The Labute approximate surface area is 81.4 Å². The van der Waals surface area contributed by atoms with Crippen LogP contribution in [0.25, 0.3) is 0 Å². The molecule has 14 heavy (non-hydrogen) atoms. The van der Waals surface area contributed by atoms with Crippen molar-refractivity contribution in [1.29, 1.82) is 0 Å². The molecule has 0 aromatic carbocycles. The Kier molecular flexibility index (Phi) is 2.23. The lowest BCUT2D eigenvalue weighted by molar-refractivity contribution is 0.0470. The molecule has 1 aromatic heterocycles. The maximum atomic E-state index is 11.2. The van der Waals surface area contributed by atoms with Gasteiger partial charge in [0.25, 0.3) is 0 Å². The molecule has 1 aromatic rings. The maximum Gasteiger partial charge on any atom is 0.397 e. The van der Waals surface area contributed by atoms with E-state index in [1.54, 1.807) is 6.92 Å². The van der Waals surface area contributed by atoms with Crippen LogP contribution >= 0.6 is 0 Å². The van der Waals surface area contributed by atoms with Gasteiger partial charge in [0.15, 0.2) is 5.82 Å². The number of carbonyl (C=O) groups is 1. The predicted octanol–water partition coefficient (Wildman–Crippen LogP) is 1.37. The molecule has 0 N–H and O–H groups in total. The average Bonchev–Trinajstić information content (AvgIpc) is 2.70. The molecule has 0 aliphatic heterocycles. The van der Waals surface area contributed by atoms with Crippen LogP contribution in [0.2, 0.25) is 0 Å².